The summed E-state index contributed by atoms with van der Waals surface area (Å²) in [4.78, 5) is 37.8. The van der Waals surface area contributed by atoms with E-state index in [1.807, 2.05) is 6.92 Å². The summed E-state index contributed by atoms with van der Waals surface area (Å²) in [5.74, 6) is -0.626. The minimum atomic E-state index is -0.528. The van der Waals surface area contributed by atoms with Crippen LogP contribution in [0.25, 0.3) is 0 Å². The van der Waals surface area contributed by atoms with Gasteiger partial charge in [0.1, 0.15) is 5.00 Å². The fourth-order valence-electron chi connectivity index (χ4n) is 2.55. The van der Waals surface area contributed by atoms with Crippen LogP contribution in [0.5, 0.6) is 0 Å². The van der Waals surface area contributed by atoms with E-state index in [4.69, 9.17) is 5.73 Å². The molecule has 3 N–H and O–H groups in total. The lowest BCUT2D eigenvalue weighted by molar-refractivity contribution is -0.129. The SMILES string of the molecule is CCCCC(=O)Nc1sc2c(c1C(N)=O)CCN(C(C)=O)C2. The molecule has 6 nitrogen and oxygen atoms in total. The molecule has 1 aliphatic rings. The molecule has 1 aromatic rings. The number of nitrogens with two attached hydrogens (primary N) is 1. The van der Waals surface area contributed by atoms with Gasteiger partial charge in [-0.3, -0.25) is 14.4 Å². The maximum absolute atomic E-state index is 11.9. The van der Waals surface area contributed by atoms with E-state index in [1.165, 1.54) is 18.3 Å². The average molecular weight is 323 g/mol. The highest BCUT2D eigenvalue weighted by molar-refractivity contribution is 7.17. The first-order valence-electron chi connectivity index (χ1n) is 7.43. The molecular formula is C15H21N3O3S. The number of unbranched alkanes of at least 4 members (excludes halogenated alkanes) is 1. The van der Waals surface area contributed by atoms with Gasteiger partial charge < -0.3 is 16.0 Å². The Morgan fingerprint density at radius 1 is 1.36 bits per heavy atom. The van der Waals surface area contributed by atoms with Gasteiger partial charge in [0.2, 0.25) is 11.8 Å². The zero-order chi connectivity index (χ0) is 16.3. The highest BCUT2D eigenvalue weighted by Gasteiger charge is 2.28. The highest BCUT2D eigenvalue weighted by atomic mass is 32.1. The maximum Gasteiger partial charge on any atom is 0.251 e. The molecule has 7 heteroatoms. The fraction of sp³-hybridized carbons (Fsp3) is 0.533. The van der Waals surface area contributed by atoms with Crippen molar-refractivity contribution in [2.75, 3.05) is 11.9 Å². The van der Waals surface area contributed by atoms with Gasteiger partial charge in [-0.05, 0) is 18.4 Å². The third kappa shape index (κ3) is 3.47. The van der Waals surface area contributed by atoms with Crippen molar-refractivity contribution in [2.24, 2.45) is 5.73 Å². The number of anilines is 1. The first-order chi connectivity index (χ1) is 10.4. The zero-order valence-electron chi connectivity index (χ0n) is 12.9. The van der Waals surface area contributed by atoms with Crippen molar-refractivity contribution in [3.8, 4) is 0 Å². The Morgan fingerprint density at radius 3 is 2.68 bits per heavy atom. The van der Waals surface area contributed by atoms with Gasteiger partial charge in [0.25, 0.3) is 5.91 Å². The van der Waals surface area contributed by atoms with Gasteiger partial charge in [0.15, 0.2) is 0 Å². The molecule has 0 aromatic carbocycles. The smallest absolute Gasteiger partial charge is 0.251 e. The van der Waals surface area contributed by atoms with Crippen molar-refractivity contribution in [1.82, 2.24) is 4.90 Å². The van der Waals surface area contributed by atoms with Gasteiger partial charge in [-0.25, -0.2) is 0 Å². The Kier molecular flexibility index (Phi) is 5.18. The number of nitrogens with zero attached hydrogens (tertiary/aromatic N) is 1. The van der Waals surface area contributed by atoms with Gasteiger partial charge in [-0.2, -0.15) is 0 Å². The van der Waals surface area contributed by atoms with E-state index in [0.717, 1.165) is 23.3 Å². The fourth-order valence-corrected chi connectivity index (χ4v) is 3.83. The summed E-state index contributed by atoms with van der Waals surface area (Å²) >= 11 is 1.35. The molecule has 0 unspecified atom stereocenters. The van der Waals surface area contributed by atoms with Crippen molar-refractivity contribution in [2.45, 2.75) is 46.1 Å². The highest BCUT2D eigenvalue weighted by Crippen LogP contribution is 2.37. The summed E-state index contributed by atoms with van der Waals surface area (Å²) in [6.07, 6.45) is 2.76. The molecule has 1 aromatic heterocycles. The van der Waals surface area contributed by atoms with Crippen LogP contribution in [0.4, 0.5) is 5.00 Å². The summed E-state index contributed by atoms with van der Waals surface area (Å²) in [6, 6.07) is 0. The van der Waals surface area contributed by atoms with E-state index >= 15 is 0 Å². The molecule has 0 saturated carbocycles. The number of primary amides is 1. The summed E-state index contributed by atoms with van der Waals surface area (Å²) in [5.41, 5.74) is 6.78. The lowest BCUT2D eigenvalue weighted by Crippen LogP contribution is -2.34. The van der Waals surface area contributed by atoms with Gasteiger partial charge >= 0.3 is 0 Å². The standard InChI is InChI=1S/C15H21N3O3S/c1-3-4-5-12(20)17-15-13(14(16)21)10-6-7-18(9(2)19)8-11(10)22-15/h3-8H2,1-2H3,(H2,16,21)(H,17,20). The first-order valence-corrected chi connectivity index (χ1v) is 8.25. The third-order valence-corrected chi connectivity index (χ3v) is 4.89. The summed E-state index contributed by atoms with van der Waals surface area (Å²) in [5, 5.41) is 3.32. The maximum atomic E-state index is 11.9. The molecule has 0 radical (unpaired) electrons. The molecule has 0 bridgehead atoms. The van der Waals surface area contributed by atoms with E-state index in [-0.39, 0.29) is 11.8 Å². The van der Waals surface area contributed by atoms with Crippen LogP contribution in [0.15, 0.2) is 0 Å². The molecule has 120 valence electrons. The average Bonchev–Trinajstić information content (AvgIpc) is 2.81. The first kappa shape index (κ1) is 16.5. The van der Waals surface area contributed by atoms with Gasteiger partial charge in [0.05, 0.1) is 12.1 Å². The summed E-state index contributed by atoms with van der Waals surface area (Å²) < 4.78 is 0. The number of rotatable bonds is 5. The van der Waals surface area contributed by atoms with Crippen LogP contribution >= 0.6 is 11.3 Å². The molecule has 2 heterocycles. The molecule has 1 aliphatic heterocycles. The van der Waals surface area contributed by atoms with Crippen LogP contribution < -0.4 is 11.1 Å². The quantitative estimate of drug-likeness (QED) is 0.866. The molecule has 2 rings (SSSR count). The van der Waals surface area contributed by atoms with Crippen LogP contribution in [0.2, 0.25) is 0 Å². The van der Waals surface area contributed by atoms with Crippen molar-refractivity contribution in [1.29, 1.82) is 0 Å². The Bertz CT molecular complexity index is 609. The third-order valence-electron chi connectivity index (χ3n) is 3.76. The lowest BCUT2D eigenvalue weighted by atomic mass is 10.0. The monoisotopic (exact) mass is 323 g/mol. The number of amides is 3. The molecule has 0 fully saturated rings. The second kappa shape index (κ2) is 6.91. The van der Waals surface area contributed by atoms with Crippen molar-refractivity contribution in [3.63, 3.8) is 0 Å². The van der Waals surface area contributed by atoms with Gasteiger partial charge in [-0.15, -0.1) is 11.3 Å². The van der Waals surface area contributed by atoms with Crippen molar-refractivity contribution < 1.29 is 14.4 Å². The minimum Gasteiger partial charge on any atom is -0.365 e. The molecule has 0 saturated heterocycles. The number of carbonyl (C=O) groups excluding carboxylic acids is 3. The number of carbonyl (C=O) groups is 3. The van der Waals surface area contributed by atoms with Gasteiger partial charge in [-0.1, -0.05) is 13.3 Å². The van der Waals surface area contributed by atoms with E-state index in [1.54, 1.807) is 4.90 Å². The Morgan fingerprint density at radius 2 is 2.09 bits per heavy atom. The number of hydrogen-bond donors (Lipinski definition) is 2. The van der Waals surface area contributed by atoms with Crippen LogP contribution in [0.3, 0.4) is 0 Å². The van der Waals surface area contributed by atoms with E-state index in [2.05, 4.69) is 5.32 Å². The predicted octanol–water partition coefficient (Wildman–Crippen LogP) is 1.88. The largest absolute Gasteiger partial charge is 0.365 e. The number of thiophene rings is 1. The number of nitrogens with one attached hydrogen (secondary N) is 1. The molecule has 0 aliphatic carbocycles. The summed E-state index contributed by atoms with van der Waals surface area (Å²) in [7, 11) is 0. The Labute approximate surface area is 133 Å². The lowest BCUT2D eigenvalue weighted by Gasteiger charge is -2.25. The zero-order valence-corrected chi connectivity index (χ0v) is 13.7. The summed E-state index contributed by atoms with van der Waals surface area (Å²) in [6.45, 7) is 4.59. The second-order valence-electron chi connectivity index (χ2n) is 5.41. The van der Waals surface area contributed by atoms with Crippen LogP contribution in [0.1, 0.15) is 53.9 Å². The van der Waals surface area contributed by atoms with Crippen molar-refractivity contribution in [3.05, 3.63) is 16.0 Å². The molecule has 22 heavy (non-hydrogen) atoms. The van der Waals surface area contributed by atoms with Crippen LogP contribution in [-0.2, 0) is 22.6 Å². The molecule has 0 atom stereocenters. The van der Waals surface area contributed by atoms with Gasteiger partial charge in [0, 0.05) is 24.8 Å². The number of hydrogen-bond acceptors (Lipinski definition) is 4. The minimum absolute atomic E-state index is 0.00760. The second-order valence-corrected chi connectivity index (χ2v) is 6.52. The van der Waals surface area contributed by atoms with Crippen LogP contribution in [0, 0.1) is 0 Å². The Balaban J connectivity index is 2.26. The molecular weight excluding hydrogens is 302 g/mol. The molecule has 0 spiro atoms. The molecule has 3 amide bonds. The van der Waals surface area contributed by atoms with Crippen LogP contribution in [-0.4, -0.2) is 29.2 Å². The predicted molar refractivity (Wildman–Crippen MR) is 85.8 cm³/mol. The van der Waals surface area contributed by atoms with E-state index < -0.39 is 5.91 Å². The Hall–Kier alpha value is -1.89. The van der Waals surface area contributed by atoms with E-state index in [0.29, 0.717) is 36.5 Å². The van der Waals surface area contributed by atoms with E-state index in [9.17, 15) is 14.4 Å². The van der Waals surface area contributed by atoms with Crippen molar-refractivity contribution >= 4 is 34.1 Å². The number of fused-ring (bicyclic) bond motifs is 1. The normalized spacial score (nSPS) is 13.6. The topological polar surface area (TPSA) is 92.5 Å².